The fraction of sp³-hybridized carbons (Fsp3) is 0.529. The zero-order valence-corrected chi connectivity index (χ0v) is 14.6. The van der Waals surface area contributed by atoms with Crippen LogP contribution >= 0.6 is 0 Å². The topological polar surface area (TPSA) is 90.7 Å². The molecular formula is C17H28N2O4. The molecule has 0 saturated carbocycles. The molecule has 6 heteroatoms. The number of nitrogens with two attached hydrogens (primary N) is 1. The molecule has 0 aromatic rings. The fourth-order valence-corrected chi connectivity index (χ4v) is 1.75. The Morgan fingerprint density at radius 3 is 2.52 bits per heavy atom. The summed E-state index contributed by atoms with van der Waals surface area (Å²) in [5.41, 5.74) is 7.20. The first-order valence-corrected chi connectivity index (χ1v) is 7.46. The summed E-state index contributed by atoms with van der Waals surface area (Å²) in [5, 5.41) is 2.83. The number of rotatable bonds is 4. The number of hydrogen-bond donors (Lipinski definition) is 2. The van der Waals surface area contributed by atoms with Gasteiger partial charge in [-0.25, -0.2) is 4.79 Å². The highest BCUT2D eigenvalue weighted by molar-refractivity contribution is 5.68. The number of amides is 1. The van der Waals surface area contributed by atoms with Crippen LogP contribution in [-0.4, -0.2) is 31.3 Å². The Kier molecular flexibility index (Phi) is 9.46. The molecule has 0 saturated heterocycles. The summed E-state index contributed by atoms with van der Waals surface area (Å²) >= 11 is 0. The van der Waals surface area contributed by atoms with Gasteiger partial charge in [0.25, 0.3) is 6.47 Å². The van der Waals surface area contributed by atoms with E-state index in [4.69, 9.17) is 15.3 Å². The van der Waals surface area contributed by atoms with Crippen LogP contribution < -0.4 is 11.1 Å². The van der Waals surface area contributed by atoms with E-state index in [1.807, 2.05) is 45.9 Å². The number of hydrogen-bond acceptors (Lipinski definition) is 5. The van der Waals surface area contributed by atoms with Crippen LogP contribution in [0.3, 0.4) is 0 Å². The van der Waals surface area contributed by atoms with Gasteiger partial charge in [0.2, 0.25) is 0 Å². The molecule has 1 rings (SSSR count). The number of allylic oxidation sites excluding steroid dienone is 4. The Morgan fingerprint density at radius 2 is 2.00 bits per heavy atom. The predicted octanol–water partition coefficient (Wildman–Crippen LogP) is 2.81. The molecule has 1 aliphatic carbocycles. The first kappa shape index (κ1) is 20.8. The Morgan fingerprint density at radius 1 is 1.39 bits per heavy atom. The average molecular weight is 324 g/mol. The zero-order valence-electron chi connectivity index (χ0n) is 14.6. The Hall–Kier alpha value is -2.24. The van der Waals surface area contributed by atoms with E-state index in [1.165, 1.54) is 12.7 Å². The standard InChI is InChI=1S/C15H24N2O2.C2H4O2/c1-11(17-14(18)19-15(2,3)4)10-12-6-5-7-13(16)9-8-12;1-4-2-3/h6-9,11H,5,10,16H2,1-4H3,(H,17,18);2H,1H3. The van der Waals surface area contributed by atoms with Crippen LogP contribution in [-0.2, 0) is 14.3 Å². The minimum Gasteiger partial charge on any atom is -0.471 e. The predicted molar refractivity (Wildman–Crippen MR) is 90.6 cm³/mol. The van der Waals surface area contributed by atoms with Crippen LogP contribution in [0.25, 0.3) is 0 Å². The summed E-state index contributed by atoms with van der Waals surface area (Å²) in [6.07, 6.45) is 9.17. The van der Waals surface area contributed by atoms with Gasteiger partial charge in [-0.15, -0.1) is 0 Å². The van der Waals surface area contributed by atoms with Crippen molar-refractivity contribution in [2.75, 3.05) is 7.11 Å². The molecule has 1 aliphatic rings. The lowest BCUT2D eigenvalue weighted by Crippen LogP contribution is -2.37. The van der Waals surface area contributed by atoms with Gasteiger partial charge in [0.15, 0.2) is 0 Å². The maximum absolute atomic E-state index is 11.6. The fourth-order valence-electron chi connectivity index (χ4n) is 1.75. The Labute approximate surface area is 138 Å². The zero-order chi connectivity index (χ0) is 17.9. The van der Waals surface area contributed by atoms with Crippen LogP contribution in [0.1, 0.15) is 40.5 Å². The minimum atomic E-state index is -0.469. The number of carbonyl (C=O) groups is 2. The smallest absolute Gasteiger partial charge is 0.407 e. The van der Waals surface area contributed by atoms with E-state index in [0.29, 0.717) is 6.47 Å². The molecule has 6 nitrogen and oxygen atoms in total. The second kappa shape index (κ2) is 10.5. The molecule has 0 fully saturated rings. The molecule has 1 atom stereocenters. The van der Waals surface area contributed by atoms with Crippen LogP contribution in [0.2, 0.25) is 0 Å². The molecule has 3 N–H and O–H groups in total. The van der Waals surface area contributed by atoms with Crippen molar-refractivity contribution in [3.8, 4) is 0 Å². The number of carbonyl (C=O) groups excluding carboxylic acids is 2. The highest BCUT2D eigenvalue weighted by Crippen LogP contribution is 2.14. The number of ether oxygens (including phenoxy) is 2. The summed E-state index contributed by atoms with van der Waals surface area (Å²) in [4.78, 5) is 20.6. The average Bonchev–Trinajstić information content (AvgIpc) is 2.61. The molecule has 23 heavy (non-hydrogen) atoms. The molecule has 0 radical (unpaired) electrons. The molecule has 0 bridgehead atoms. The van der Waals surface area contributed by atoms with Crippen molar-refractivity contribution in [3.05, 3.63) is 35.6 Å². The van der Waals surface area contributed by atoms with E-state index in [1.54, 1.807) is 0 Å². The molecule has 0 aromatic heterocycles. The minimum absolute atomic E-state index is 0.0186. The summed E-state index contributed by atoms with van der Waals surface area (Å²) in [6.45, 7) is 7.88. The van der Waals surface area contributed by atoms with Crippen molar-refractivity contribution in [3.63, 3.8) is 0 Å². The molecule has 0 spiro atoms. The number of alkyl carbamates (subject to hydrolysis) is 1. The van der Waals surface area contributed by atoms with Gasteiger partial charge in [-0.05, 0) is 52.2 Å². The number of nitrogens with one attached hydrogen (secondary N) is 1. The van der Waals surface area contributed by atoms with E-state index >= 15 is 0 Å². The summed E-state index contributed by atoms with van der Waals surface area (Å²) in [6, 6.07) is 0.0186. The van der Waals surface area contributed by atoms with Crippen molar-refractivity contribution < 1.29 is 19.1 Å². The molecule has 130 valence electrons. The molecule has 1 amide bonds. The third-order valence-electron chi connectivity index (χ3n) is 2.62. The van der Waals surface area contributed by atoms with Crippen LogP contribution in [0.4, 0.5) is 4.79 Å². The second-order valence-electron chi connectivity index (χ2n) is 6.14. The highest BCUT2D eigenvalue weighted by atomic mass is 16.6. The monoisotopic (exact) mass is 324 g/mol. The van der Waals surface area contributed by atoms with E-state index in [0.717, 1.165) is 18.5 Å². The lowest BCUT2D eigenvalue weighted by molar-refractivity contribution is -0.126. The van der Waals surface area contributed by atoms with Gasteiger partial charge >= 0.3 is 6.09 Å². The lowest BCUT2D eigenvalue weighted by Gasteiger charge is -2.22. The molecule has 0 aliphatic heterocycles. The van der Waals surface area contributed by atoms with Crippen LogP contribution in [0, 0.1) is 0 Å². The van der Waals surface area contributed by atoms with E-state index < -0.39 is 5.60 Å². The van der Waals surface area contributed by atoms with Gasteiger partial charge in [0.05, 0.1) is 7.11 Å². The third kappa shape index (κ3) is 12.0. The van der Waals surface area contributed by atoms with Crippen LogP contribution in [0.5, 0.6) is 0 Å². The summed E-state index contributed by atoms with van der Waals surface area (Å²) < 4.78 is 9.08. The van der Waals surface area contributed by atoms with Crippen molar-refractivity contribution >= 4 is 12.6 Å². The van der Waals surface area contributed by atoms with E-state index in [-0.39, 0.29) is 12.1 Å². The van der Waals surface area contributed by atoms with Crippen molar-refractivity contribution in [2.45, 2.75) is 52.2 Å². The van der Waals surface area contributed by atoms with Gasteiger partial charge in [0.1, 0.15) is 5.60 Å². The molecule has 1 unspecified atom stereocenters. The summed E-state index contributed by atoms with van der Waals surface area (Å²) in [5.74, 6) is 0. The summed E-state index contributed by atoms with van der Waals surface area (Å²) in [7, 11) is 1.31. The molecule has 0 aromatic carbocycles. The van der Waals surface area contributed by atoms with Crippen molar-refractivity contribution in [2.24, 2.45) is 5.73 Å². The van der Waals surface area contributed by atoms with Gasteiger partial charge in [0, 0.05) is 11.7 Å². The first-order chi connectivity index (χ1) is 10.7. The maximum atomic E-state index is 11.6. The normalized spacial score (nSPS) is 15.0. The van der Waals surface area contributed by atoms with Gasteiger partial charge in [-0.3, -0.25) is 4.79 Å². The van der Waals surface area contributed by atoms with E-state index in [2.05, 4.69) is 16.1 Å². The largest absolute Gasteiger partial charge is 0.471 e. The first-order valence-electron chi connectivity index (χ1n) is 7.46. The third-order valence-corrected chi connectivity index (χ3v) is 2.62. The van der Waals surface area contributed by atoms with E-state index in [9.17, 15) is 4.79 Å². The Balaban J connectivity index is 0.00000108. The maximum Gasteiger partial charge on any atom is 0.407 e. The number of methoxy groups -OCH3 is 1. The molecular weight excluding hydrogens is 296 g/mol. The van der Waals surface area contributed by atoms with Gasteiger partial charge in [-0.1, -0.05) is 18.2 Å². The Bertz CT molecular complexity index is 473. The van der Waals surface area contributed by atoms with Crippen molar-refractivity contribution in [1.82, 2.24) is 5.32 Å². The second-order valence-corrected chi connectivity index (χ2v) is 6.14. The van der Waals surface area contributed by atoms with Crippen molar-refractivity contribution in [1.29, 1.82) is 0 Å². The van der Waals surface area contributed by atoms with Crippen LogP contribution in [0.15, 0.2) is 35.6 Å². The van der Waals surface area contributed by atoms with Gasteiger partial charge < -0.3 is 20.5 Å². The van der Waals surface area contributed by atoms with Gasteiger partial charge in [-0.2, -0.15) is 0 Å². The molecule has 0 heterocycles. The lowest BCUT2D eigenvalue weighted by atomic mass is 10.1. The SMILES string of the molecule is CC(CC1=CCC=C(N)C=C1)NC(=O)OC(C)(C)C.COC=O. The highest BCUT2D eigenvalue weighted by Gasteiger charge is 2.17. The quantitative estimate of drug-likeness (QED) is 0.776.